The molecule has 2 aromatic rings. The van der Waals surface area contributed by atoms with Crippen molar-refractivity contribution in [1.29, 1.82) is 0 Å². The third-order valence-electron chi connectivity index (χ3n) is 4.79. The number of nitrogens with two attached hydrogens (primary N) is 1. The summed E-state index contributed by atoms with van der Waals surface area (Å²) in [6.45, 7) is 3.63. The summed E-state index contributed by atoms with van der Waals surface area (Å²) in [6.07, 6.45) is 4.48. The first-order valence-corrected chi connectivity index (χ1v) is 8.34. The first-order valence-electron chi connectivity index (χ1n) is 8.34. The highest BCUT2D eigenvalue weighted by Crippen LogP contribution is 2.20. The van der Waals surface area contributed by atoms with Crippen molar-refractivity contribution < 1.29 is 9.53 Å². The van der Waals surface area contributed by atoms with Gasteiger partial charge >= 0.3 is 0 Å². The van der Waals surface area contributed by atoms with Crippen molar-refractivity contribution in [2.75, 3.05) is 13.2 Å². The van der Waals surface area contributed by atoms with Gasteiger partial charge in [0.05, 0.1) is 6.04 Å². The average molecular weight is 315 g/mol. The Morgan fingerprint density at radius 2 is 2.13 bits per heavy atom. The molecule has 2 atom stereocenters. The van der Waals surface area contributed by atoms with Gasteiger partial charge < -0.3 is 20.8 Å². The van der Waals surface area contributed by atoms with Crippen LogP contribution in [0.5, 0.6) is 0 Å². The highest BCUT2D eigenvalue weighted by molar-refractivity contribution is 5.86. The van der Waals surface area contributed by atoms with Crippen LogP contribution in [0.4, 0.5) is 0 Å². The van der Waals surface area contributed by atoms with E-state index in [1.807, 2.05) is 24.4 Å². The van der Waals surface area contributed by atoms with Gasteiger partial charge in [0.15, 0.2) is 0 Å². The van der Waals surface area contributed by atoms with Gasteiger partial charge in [0.1, 0.15) is 0 Å². The minimum Gasteiger partial charge on any atom is -0.381 e. The van der Waals surface area contributed by atoms with Gasteiger partial charge in [0, 0.05) is 36.4 Å². The number of hydrogen-bond acceptors (Lipinski definition) is 3. The van der Waals surface area contributed by atoms with E-state index in [0.29, 0.717) is 12.3 Å². The number of aromatic nitrogens is 1. The van der Waals surface area contributed by atoms with Crippen molar-refractivity contribution in [3.05, 3.63) is 36.0 Å². The van der Waals surface area contributed by atoms with Crippen LogP contribution in [0.1, 0.15) is 25.3 Å². The number of nitrogens with one attached hydrogen (secondary N) is 2. The Morgan fingerprint density at radius 3 is 2.91 bits per heavy atom. The van der Waals surface area contributed by atoms with E-state index >= 15 is 0 Å². The van der Waals surface area contributed by atoms with Crippen molar-refractivity contribution in [3.63, 3.8) is 0 Å². The van der Waals surface area contributed by atoms with Gasteiger partial charge in [-0.3, -0.25) is 4.79 Å². The molecular weight excluding hydrogens is 290 g/mol. The molecular formula is C18H25N3O2. The molecule has 5 heteroatoms. The normalized spacial score (nSPS) is 18.7. The van der Waals surface area contributed by atoms with Crippen LogP contribution in [0.2, 0.25) is 0 Å². The molecule has 1 aromatic heterocycles. The molecule has 23 heavy (non-hydrogen) atoms. The Balaban J connectivity index is 1.59. The highest BCUT2D eigenvalue weighted by atomic mass is 16.5. The Labute approximate surface area is 136 Å². The summed E-state index contributed by atoms with van der Waals surface area (Å²) >= 11 is 0. The number of H-pyrrole nitrogens is 1. The molecule has 0 spiro atoms. The molecule has 1 aromatic carbocycles. The van der Waals surface area contributed by atoms with Gasteiger partial charge in [0.25, 0.3) is 0 Å². The number of amides is 1. The number of rotatable bonds is 5. The summed E-state index contributed by atoms with van der Waals surface area (Å²) in [5, 5.41) is 4.21. The van der Waals surface area contributed by atoms with Crippen LogP contribution in [0.15, 0.2) is 30.5 Å². The van der Waals surface area contributed by atoms with E-state index in [-0.39, 0.29) is 11.9 Å². The molecule has 5 nitrogen and oxygen atoms in total. The van der Waals surface area contributed by atoms with E-state index in [1.165, 1.54) is 0 Å². The van der Waals surface area contributed by atoms with E-state index < -0.39 is 6.04 Å². The van der Waals surface area contributed by atoms with E-state index in [1.54, 1.807) is 0 Å². The van der Waals surface area contributed by atoms with Gasteiger partial charge in [-0.25, -0.2) is 0 Å². The Morgan fingerprint density at radius 1 is 1.39 bits per heavy atom. The second-order valence-electron chi connectivity index (χ2n) is 6.42. The second kappa shape index (κ2) is 7.15. The lowest BCUT2D eigenvalue weighted by molar-refractivity contribution is -0.123. The second-order valence-corrected chi connectivity index (χ2v) is 6.42. The molecule has 0 bridgehead atoms. The Hall–Kier alpha value is -1.85. The molecule has 1 unspecified atom stereocenters. The van der Waals surface area contributed by atoms with E-state index in [2.05, 4.69) is 23.3 Å². The monoisotopic (exact) mass is 315 g/mol. The maximum Gasteiger partial charge on any atom is 0.237 e. The van der Waals surface area contributed by atoms with E-state index in [0.717, 1.165) is 42.5 Å². The molecule has 0 saturated carbocycles. The summed E-state index contributed by atoms with van der Waals surface area (Å²) < 4.78 is 5.37. The fourth-order valence-corrected chi connectivity index (χ4v) is 3.30. The molecule has 0 radical (unpaired) electrons. The summed E-state index contributed by atoms with van der Waals surface area (Å²) in [5.41, 5.74) is 8.29. The van der Waals surface area contributed by atoms with E-state index in [4.69, 9.17) is 10.5 Å². The zero-order chi connectivity index (χ0) is 16.2. The number of para-hydroxylation sites is 1. The third kappa shape index (κ3) is 3.74. The number of carbonyl (C=O) groups excluding carboxylic acids is 1. The quantitative estimate of drug-likeness (QED) is 0.789. The largest absolute Gasteiger partial charge is 0.381 e. The molecule has 1 amide bonds. The molecule has 1 saturated heterocycles. The number of carbonyl (C=O) groups is 1. The Kier molecular flexibility index (Phi) is 4.98. The first kappa shape index (κ1) is 16.0. The van der Waals surface area contributed by atoms with Crippen LogP contribution in [0.25, 0.3) is 10.9 Å². The lowest BCUT2D eigenvalue weighted by atomic mass is 9.92. The minimum atomic E-state index is -0.531. The molecule has 2 heterocycles. The van der Waals surface area contributed by atoms with Crippen LogP contribution < -0.4 is 11.1 Å². The summed E-state index contributed by atoms with van der Waals surface area (Å²) in [5.74, 6) is 0.405. The summed E-state index contributed by atoms with van der Waals surface area (Å²) in [4.78, 5) is 15.6. The van der Waals surface area contributed by atoms with Crippen LogP contribution in [-0.2, 0) is 16.0 Å². The lowest BCUT2D eigenvalue weighted by Gasteiger charge is -2.29. The molecule has 4 N–H and O–H groups in total. The molecule has 1 aliphatic heterocycles. The Bertz CT molecular complexity index is 661. The fourth-order valence-electron chi connectivity index (χ4n) is 3.30. The zero-order valence-electron chi connectivity index (χ0n) is 13.5. The van der Waals surface area contributed by atoms with Gasteiger partial charge in [0.2, 0.25) is 5.91 Å². The average Bonchev–Trinajstić information content (AvgIpc) is 2.98. The van der Waals surface area contributed by atoms with Crippen molar-refractivity contribution in [2.45, 2.75) is 38.3 Å². The van der Waals surface area contributed by atoms with Crippen LogP contribution in [0, 0.1) is 5.92 Å². The highest BCUT2D eigenvalue weighted by Gasteiger charge is 2.24. The predicted molar refractivity (Wildman–Crippen MR) is 91.1 cm³/mol. The van der Waals surface area contributed by atoms with Crippen molar-refractivity contribution in [1.82, 2.24) is 10.3 Å². The number of fused-ring (bicyclic) bond motifs is 1. The lowest BCUT2D eigenvalue weighted by Crippen LogP contribution is -2.48. The van der Waals surface area contributed by atoms with Crippen LogP contribution in [-0.4, -0.2) is 36.2 Å². The predicted octanol–water partition coefficient (Wildman–Crippen LogP) is 1.97. The fraction of sp³-hybridized carbons (Fsp3) is 0.500. The van der Waals surface area contributed by atoms with Gasteiger partial charge in [-0.2, -0.15) is 0 Å². The molecule has 124 valence electrons. The summed E-state index contributed by atoms with van der Waals surface area (Å²) in [7, 11) is 0. The minimum absolute atomic E-state index is 0.0747. The molecule has 3 rings (SSSR count). The van der Waals surface area contributed by atoms with Crippen molar-refractivity contribution >= 4 is 16.8 Å². The van der Waals surface area contributed by atoms with Crippen LogP contribution in [0.3, 0.4) is 0 Å². The van der Waals surface area contributed by atoms with Crippen LogP contribution >= 0.6 is 0 Å². The zero-order valence-corrected chi connectivity index (χ0v) is 13.5. The van der Waals surface area contributed by atoms with Gasteiger partial charge in [-0.1, -0.05) is 18.2 Å². The summed E-state index contributed by atoms with van der Waals surface area (Å²) in [6, 6.07) is 7.68. The van der Waals surface area contributed by atoms with Crippen molar-refractivity contribution in [3.8, 4) is 0 Å². The maximum atomic E-state index is 12.4. The van der Waals surface area contributed by atoms with E-state index in [9.17, 15) is 4.79 Å². The maximum absolute atomic E-state index is 12.4. The SMILES string of the molecule is CC(NC(=O)[C@@H](N)Cc1c[nH]c2ccccc12)C1CCOCC1. The first-order chi connectivity index (χ1) is 11.1. The van der Waals surface area contributed by atoms with Gasteiger partial charge in [-0.15, -0.1) is 0 Å². The number of ether oxygens (including phenoxy) is 1. The standard InChI is InChI=1S/C18H25N3O2/c1-12(13-6-8-23-9-7-13)21-18(22)16(19)10-14-11-20-17-5-3-2-4-15(14)17/h2-5,11-13,16,20H,6-10,19H2,1H3,(H,21,22)/t12?,16-/m0/s1. The smallest absolute Gasteiger partial charge is 0.237 e. The van der Waals surface area contributed by atoms with Crippen molar-refractivity contribution in [2.24, 2.45) is 11.7 Å². The number of aromatic amines is 1. The van der Waals surface area contributed by atoms with Gasteiger partial charge in [-0.05, 0) is 43.7 Å². The number of benzene rings is 1. The number of hydrogen-bond donors (Lipinski definition) is 3. The molecule has 1 fully saturated rings. The third-order valence-corrected chi connectivity index (χ3v) is 4.79. The topological polar surface area (TPSA) is 80.1 Å². The molecule has 1 aliphatic rings. The molecule has 0 aliphatic carbocycles.